The molecule has 0 saturated heterocycles. The van der Waals surface area contributed by atoms with Crippen molar-refractivity contribution >= 4 is 29.1 Å². The minimum atomic E-state index is -1.29. The Morgan fingerprint density at radius 1 is 1.43 bits per heavy atom. The predicted octanol–water partition coefficient (Wildman–Crippen LogP) is 3.11. The van der Waals surface area contributed by atoms with Crippen LogP contribution in [0.2, 0.25) is 5.02 Å². The Balaban J connectivity index is 2.20. The van der Waals surface area contributed by atoms with Crippen LogP contribution in [0, 0.1) is 12.3 Å². The van der Waals surface area contributed by atoms with E-state index in [1.165, 1.54) is 6.20 Å². The summed E-state index contributed by atoms with van der Waals surface area (Å²) in [6.45, 7) is 2.35. The molecule has 5 nitrogen and oxygen atoms in total. The lowest BCUT2D eigenvalue weighted by atomic mass is 10.1. The molecule has 0 fully saturated rings. The number of aromatic nitrogens is 1. The van der Waals surface area contributed by atoms with E-state index in [0.29, 0.717) is 17.4 Å². The average molecular weight is 304 g/mol. The van der Waals surface area contributed by atoms with Crippen molar-refractivity contribution in [1.29, 1.82) is 5.41 Å². The van der Waals surface area contributed by atoms with Crippen molar-refractivity contribution in [2.45, 2.75) is 13.5 Å². The van der Waals surface area contributed by atoms with E-state index in [-0.39, 0.29) is 5.56 Å². The number of pyridine rings is 1. The zero-order valence-electron chi connectivity index (χ0n) is 11.4. The summed E-state index contributed by atoms with van der Waals surface area (Å²) in [5.41, 5.74) is 1.68. The van der Waals surface area contributed by atoms with Gasteiger partial charge in [0.25, 0.3) is 0 Å². The van der Waals surface area contributed by atoms with Crippen LogP contribution in [-0.2, 0) is 11.3 Å². The Kier molecular flexibility index (Phi) is 4.55. The lowest BCUT2D eigenvalue weighted by molar-refractivity contribution is -0.129. The van der Waals surface area contributed by atoms with Crippen molar-refractivity contribution in [1.82, 2.24) is 4.98 Å². The molecule has 6 heteroatoms. The third kappa shape index (κ3) is 3.58. The molecule has 0 atom stereocenters. The van der Waals surface area contributed by atoms with Crippen LogP contribution in [0.4, 0.5) is 5.82 Å². The van der Waals surface area contributed by atoms with Gasteiger partial charge in [0.2, 0.25) is 0 Å². The van der Waals surface area contributed by atoms with Gasteiger partial charge < -0.3 is 10.4 Å². The van der Waals surface area contributed by atoms with Gasteiger partial charge in [-0.05, 0) is 36.2 Å². The number of nitrogens with zero attached hydrogens (tertiary/aromatic N) is 1. The van der Waals surface area contributed by atoms with Crippen molar-refractivity contribution in [3.8, 4) is 0 Å². The van der Waals surface area contributed by atoms with E-state index in [4.69, 9.17) is 22.1 Å². The number of aliphatic carboxylic acids is 1. The molecule has 2 aromatic rings. The van der Waals surface area contributed by atoms with Crippen molar-refractivity contribution in [2.75, 3.05) is 5.32 Å². The maximum Gasteiger partial charge on any atom is 0.354 e. The van der Waals surface area contributed by atoms with Crippen LogP contribution in [0.5, 0.6) is 0 Å². The lowest BCUT2D eigenvalue weighted by Crippen LogP contribution is -2.16. The molecule has 0 radical (unpaired) electrons. The maximum absolute atomic E-state index is 10.9. The van der Waals surface area contributed by atoms with E-state index >= 15 is 0 Å². The predicted molar refractivity (Wildman–Crippen MR) is 82.2 cm³/mol. The molecule has 0 bridgehead atoms. The van der Waals surface area contributed by atoms with E-state index in [1.807, 2.05) is 25.1 Å². The van der Waals surface area contributed by atoms with Crippen LogP contribution in [0.1, 0.15) is 16.7 Å². The fourth-order valence-electron chi connectivity index (χ4n) is 1.84. The molecule has 108 valence electrons. The van der Waals surface area contributed by atoms with Gasteiger partial charge in [0.15, 0.2) is 5.71 Å². The Morgan fingerprint density at radius 3 is 2.86 bits per heavy atom. The van der Waals surface area contributed by atoms with Gasteiger partial charge in [0, 0.05) is 23.3 Å². The fourth-order valence-corrected chi connectivity index (χ4v) is 2.14. The van der Waals surface area contributed by atoms with Crippen molar-refractivity contribution < 1.29 is 9.90 Å². The van der Waals surface area contributed by atoms with E-state index < -0.39 is 11.7 Å². The molecule has 0 aliphatic rings. The van der Waals surface area contributed by atoms with Gasteiger partial charge in [0.05, 0.1) is 0 Å². The molecule has 1 heterocycles. The van der Waals surface area contributed by atoms with Crippen LogP contribution in [0.15, 0.2) is 36.5 Å². The highest BCUT2D eigenvalue weighted by Gasteiger charge is 2.15. The number of hydrogen-bond acceptors (Lipinski definition) is 4. The van der Waals surface area contributed by atoms with E-state index in [9.17, 15) is 4.79 Å². The number of anilines is 1. The van der Waals surface area contributed by atoms with Crippen LogP contribution in [-0.4, -0.2) is 21.8 Å². The third-order valence-corrected chi connectivity index (χ3v) is 3.30. The summed E-state index contributed by atoms with van der Waals surface area (Å²) in [6, 6.07) is 8.84. The number of carboxylic acid groups (broad SMARTS) is 1. The van der Waals surface area contributed by atoms with Crippen LogP contribution in [0.3, 0.4) is 0 Å². The first-order valence-corrected chi connectivity index (χ1v) is 6.63. The molecule has 1 aromatic carbocycles. The summed E-state index contributed by atoms with van der Waals surface area (Å²) in [6.07, 6.45) is 1.54. The molecule has 3 N–H and O–H groups in total. The molecule has 0 unspecified atom stereocenters. The van der Waals surface area contributed by atoms with E-state index in [1.54, 1.807) is 12.1 Å². The second-order valence-electron chi connectivity index (χ2n) is 4.53. The summed E-state index contributed by atoms with van der Waals surface area (Å²) in [4.78, 5) is 15.0. The van der Waals surface area contributed by atoms with Crippen LogP contribution >= 0.6 is 11.6 Å². The highest BCUT2D eigenvalue weighted by atomic mass is 35.5. The van der Waals surface area contributed by atoms with Gasteiger partial charge in [-0.15, -0.1) is 0 Å². The summed E-state index contributed by atoms with van der Waals surface area (Å²) in [5, 5.41) is 20.2. The Hall–Kier alpha value is -2.40. The largest absolute Gasteiger partial charge is 0.477 e. The SMILES string of the molecule is Cc1ccc(CNc2ncccc2C(=N)C(=O)O)c(Cl)c1. The zero-order valence-corrected chi connectivity index (χ0v) is 12.1. The number of nitrogens with one attached hydrogen (secondary N) is 2. The fraction of sp³-hybridized carbons (Fsp3) is 0.133. The first kappa shape index (κ1) is 15.0. The Bertz CT molecular complexity index is 701. The van der Waals surface area contributed by atoms with Gasteiger partial charge in [0.1, 0.15) is 5.82 Å². The number of benzene rings is 1. The summed E-state index contributed by atoms with van der Waals surface area (Å²) in [7, 11) is 0. The van der Waals surface area contributed by atoms with Crippen molar-refractivity contribution in [3.63, 3.8) is 0 Å². The number of hydrogen-bond donors (Lipinski definition) is 3. The first-order chi connectivity index (χ1) is 9.99. The van der Waals surface area contributed by atoms with E-state index in [0.717, 1.165) is 11.1 Å². The second kappa shape index (κ2) is 6.37. The molecule has 0 aliphatic carbocycles. The van der Waals surface area contributed by atoms with Crippen molar-refractivity contribution in [2.24, 2.45) is 0 Å². The summed E-state index contributed by atoms with van der Waals surface area (Å²) >= 11 is 6.15. The van der Waals surface area contributed by atoms with Crippen LogP contribution in [0.25, 0.3) is 0 Å². The molecule has 21 heavy (non-hydrogen) atoms. The van der Waals surface area contributed by atoms with E-state index in [2.05, 4.69) is 10.3 Å². The minimum absolute atomic E-state index is 0.244. The number of carbonyl (C=O) groups is 1. The van der Waals surface area contributed by atoms with Gasteiger partial charge >= 0.3 is 5.97 Å². The molecule has 1 aromatic heterocycles. The van der Waals surface area contributed by atoms with Gasteiger partial charge in [-0.2, -0.15) is 0 Å². The Labute approximate surface area is 127 Å². The third-order valence-electron chi connectivity index (χ3n) is 2.95. The molecular weight excluding hydrogens is 290 g/mol. The topological polar surface area (TPSA) is 86.1 Å². The highest BCUT2D eigenvalue weighted by Crippen LogP contribution is 2.20. The van der Waals surface area contributed by atoms with Gasteiger partial charge in [-0.1, -0.05) is 23.7 Å². The quantitative estimate of drug-likeness (QED) is 0.741. The molecule has 0 aliphatic heterocycles. The zero-order chi connectivity index (χ0) is 15.4. The molecule has 0 spiro atoms. The highest BCUT2D eigenvalue weighted by molar-refractivity contribution is 6.42. The molecule has 0 amide bonds. The smallest absolute Gasteiger partial charge is 0.354 e. The van der Waals surface area contributed by atoms with Gasteiger partial charge in [-0.25, -0.2) is 9.78 Å². The number of aryl methyl sites for hydroxylation is 1. The lowest BCUT2D eigenvalue weighted by Gasteiger charge is -2.11. The summed E-state index contributed by atoms with van der Waals surface area (Å²) < 4.78 is 0. The average Bonchev–Trinajstić information content (AvgIpc) is 2.46. The molecule has 2 rings (SSSR count). The summed E-state index contributed by atoms with van der Waals surface area (Å²) in [5.74, 6) is -0.944. The van der Waals surface area contributed by atoms with Gasteiger partial charge in [-0.3, -0.25) is 5.41 Å². The maximum atomic E-state index is 10.9. The number of halogens is 1. The van der Waals surface area contributed by atoms with Crippen molar-refractivity contribution in [3.05, 3.63) is 58.2 Å². The number of rotatable bonds is 5. The Morgan fingerprint density at radius 2 is 2.19 bits per heavy atom. The minimum Gasteiger partial charge on any atom is -0.477 e. The standard InChI is InChI=1S/C15H14ClN3O2/c1-9-4-5-10(12(16)7-9)8-19-14-11(3-2-6-18-14)13(17)15(20)21/h2-7,17H,8H2,1H3,(H,18,19)(H,20,21). The first-order valence-electron chi connectivity index (χ1n) is 6.25. The second-order valence-corrected chi connectivity index (χ2v) is 4.94. The monoisotopic (exact) mass is 303 g/mol. The van der Waals surface area contributed by atoms with Crippen LogP contribution < -0.4 is 5.32 Å². The number of carboxylic acids is 1. The normalized spacial score (nSPS) is 10.2. The molecule has 0 saturated carbocycles. The molecular formula is C15H14ClN3O2.